The first-order chi connectivity index (χ1) is 15.8. The summed E-state index contributed by atoms with van der Waals surface area (Å²) >= 11 is 0. The van der Waals surface area contributed by atoms with Crippen LogP contribution in [0.25, 0.3) is 11.5 Å². The molecular formula is C25H21FN2O4S. The second-order valence-corrected chi connectivity index (χ2v) is 9.47. The minimum absolute atomic E-state index is 0.227. The molecule has 33 heavy (non-hydrogen) atoms. The third-order valence-electron chi connectivity index (χ3n) is 5.08. The monoisotopic (exact) mass is 464 g/mol. The molecule has 0 saturated heterocycles. The van der Waals surface area contributed by atoms with Crippen molar-refractivity contribution >= 4 is 15.7 Å². The van der Waals surface area contributed by atoms with Crippen LogP contribution in [0.5, 0.6) is 0 Å². The van der Waals surface area contributed by atoms with E-state index in [4.69, 9.17) is 4.42 Å². The lowest BCUT2D eigenvalue weighted by Crippen LogP contribution is -2.22. The van der Waals surface area contributed by atoms with Crippen LogP contribution in [0.4, 0.5) is 4.39 Å². The van der Waals surface area contributed by atoms with Crippen molar-refractivity contribution in [1.82, 2.24) is 10.3 Å². The normalized spacial score (nSPS) is 11.3. The Kier molecular flexibility index (Phi) is 6.37. The molecule has 4 aromatic rings. The van der Waals surface area contributed by atoms with E-state index in [9.17, 15) is 17.6 Å². The quantitative estimate of drug-likeness (QED) is 0.429. The number of carbonyl (C=O) groups is 1. The minimum Gasteiger partial charge on any atom is -0.441 e. The van der Waals surface area contributed by atoms with Gasteiger partial charge < -0.3 is 9.73 Å². The van der Waals surface area contributed by atoms with Crippen molar-refractivity contribution in [3.63, 3.8) is 0 Å². The molecule has 0 saturated carbocycles. The van der Waals surface area contributed by atoms with E-state index in [1.54, 1.807) is 73.7 Å². The smallest absolute Gasteiger partial charge is 0.251 e. The van der Waals surface area contributed by atoms with Crippen LogP contribution in [0.2, 0.25) is 0 Å². The molecule has 0 bridgehead atoms. The van der Waals surface area contributed by atoms with Gasteiger partial charge in [-0.2, -0.15) is 0 Å². The summed E-state index contributed by atoms with van der Waals surface area (Å²) < 4.78 is 44.0. The average Bonchev–Trinajstić information content (AvgIpc) is 3.18. The highest BCUT2D eigenvalue weighted by molar-refractivity contribution is 7.90. The average molecular weight is 465 g/mol. The van der Waals surface area contributed by atoms with E-state index in [2.05, 4.69) is 10.3 Å². The number of halogens is 1. The largest absolute Gasteiger partial charge is 0.441 e. The fourth-order valence-corrected chi connectivity index (χ4v) is 4.59. The Morgan fingerprint density at radius 2 is 1.64 bits per heavy atom. The molecular weight excluding hydrogens is 443 g/mol. The number of hydrogen-bond donors (Lipinski definition) is 1. The summed E-state index contributed by atoms with van der Waals surface area (Å²) in [5.74, 6) is -0.169. The summed E-state index contributed by atoms with van der Waals surface area (Å²) in [7, 11) is -3.55. The highest BCUT2D eigenvalue weighted by Crippen LogP contribution is 2.25. The lowest BCUT2D eigenvalue weighted by molar-refractivity contribution is 0.0951. The van der Waals surface area contributed by atoms with E-state index in [1.165, 1.54) is 12.1 Å². The van der Waals surface area contributed by atoms with Gasteiger partial charge >= 0.3 is 0 Å². The lowest BCUT2D eigenvalue weighted by atomic mass is 10.1. The Labute approximate surface area is 191 Å². The highest BCUT2D eigenvalue weighted by atomic mass is 32.2. The first kappa shape index (κ1) is 22.4. The van der Waals surface area contributed by atoms with Gasteiger partial charge in [-0.05, 0) is 61.0 Å². The molecule has 0 fully saturated rings. The van der Waals surface area contributed by atoms with Crippen LogP contribution >= 0.6 is 0 Å². The zero-order valence-electron chi connectivity index (χ0n) is 17.8. The molecule has 1 N–H and O–H groups in total. The van der Waals surface area contributed by atoms with Crippen LogP contribution < -0.4 is 5.32 Å². The van der Waals surface area contributed by atoms with Gasteiger partial charge in [-0.1, -0.05) is 30.3 Å². The Morgan fingerprint density at radius 1 is 0.970 bits per heavy atom. The van der Waals surface area contributed by atoms with E-state index in [0.717, 1.165) is 5.56 Å². The van der Waals surface area contributed by atoms with Crippen LogP contribution in [0.1, 0.15) is 27.4 Å². The van der Waals surface area contributed by atoms with Gasteiger partial charge in [-0.15, -0.1) is 0 Å². The van der Waals surface area contributed by atoms with E-state index in [-0.39, 0.29) is 34.8 Å². The topological polar surface area (TPSA) is 89.3 Å². The Hall–Kier alpha value is -3.78. The van der Waals surface area contributed by atoms with Gasteiger partial charge in [-0.3, -0.25) is 4.79 Å². The summed E-state index contributed by atoms with van der Waals surface area (Å²) in [5, 5.41) is 2.78. The number of oxazole rings is 1. The Bertz CT molecular complexity index is 1360. The number of aryl methyl sites for hydroxylation is 1. The van der Waals surface area contributed by atoms with Gasteiger partial charge in [-0.25, -0.2) is 17.8 Å². The number of sulfone groups is 1. The van der Waals surface area contributed by atoms with Crippen LogP contribution in [-0.2, 0) is 22.1 Å². The van der Waals surface area contributed by atoms with E-state index in [1.807, 2.05) is 0 Å². The molecule has 1 heterocycles. The molecule has 0 unspecified atom stereocenters. The zero-order chi connectivity index (χ0) is 23.4. The summed E-state index contributed by atoms with van der Waals surface area (Å²) in [5.41, 5.74) is 2.19. The zero-order valence-corrected chi connectivity index (χ0v) is 18.6. The first-order valence-corrected chi connectivity index (χ1v) is 11.8. The van der Waals surface area contributed by atoms with Gasteiger partial charge in [0.25, 0.3) is 5.91 Å². The van der Waals surface area contributed by atoms with Crippen molar-refractivity contribution in [3.05, 3.63) is 107 Å². The van der Waals surface area contributed by atoms with Crippen molar-refractivity contribution < 1.29 is 22.0 Å². The van der Waals surface area contributed by atoms with Gasteiger partial charge in [0, 0.05) is 17.7 Å². The fourth-order valence-electron chi connectivity index (χ4n) is 3.23. The number of rotatable bonds is 7. The van der Waals surface area contributed by atoms with Crippen LogP contribution in [0.15, 0.2) is 88.2 Å². The van der Waals surface area contributed by atoms with Crippen molar-refractivity contribution in [2.24, 2.45) is 0 Å². The molecule has 8 heteroatoms. The minimum atomic E-state index is -3.55. The number of amides is 1. The fraction of sp³-hybridized carbons (Fsp3) is 0.120. The van der Waals surface area contributed by atoms with Crippen LogP contribution in [-0.4, -0.2) is 19.3 Å². The summed E-state index contributed by atoms with van der Waals surface area (Å²) in [6.45, 7) is 1.95. The third-order valence-corrected chi connectivity index (χ3v) is 6.73. The summed E-state index contributed by atoms with van der Waals surface area (Å²) in [4.78, 5) is 17.0. The molecule has 0 aliphatic rings. The maximum Gasteiger partial charge on any atom is 0.251 e. The number of nitrogens with zero attached hydrogens (tertiary/aromatic N) is 1. The molecule has 0 spiro atoms. The second kappa shape index (κ2) is 9.38. The number of carbonyl (C=O) groups excluding carboxylic acids is 1. The Morgan fingerprint density at radius 3 is 2.30 bits per heavy atom. The predicted octanol–water partition coefficient (Wildman–Crippen LogP) is 4.69. The molecule has 0 radical (unpaired) electrons. The van der Waals surface area contributed by atoms with Crippen molar-refractivity contribution in [2.45, 2.75) is 24.1 Å². The summed E-state index contributed by atoms with van der Waals surface area (Å²) in [6.07, 6.45) is 0. The van der Waals surface area contributed by atoms with E-state index < -0.39 is 9.84 Å². The molecule has 1 aromatic heterocycles. The standard InChI is InChI=1S/C25H21FN2O4S/c1-17-23(16-33(30,31)22-5-3-2-4-6-22)28-25(32-17)20-11-9-19(10-12-20)24(29)27-15-18-7-13-21(26)14-8-18/h2-14H,15-16H2,1H3,(H,27,29). The SMILES string of the molecule is Cc1oc(-c2ccc(C(=O)NCc3ccc(F)cc3)cc2)nc1CS(=O)(=O)c1ccccc1. The number of benzene rings is 3. The molecule has 0 aliphatic heterocycles. The molecule has 0 aliphatic carbocycles. The number of hydrogen-bond acceptors (Lipinski definition) is 5. The van der Waals surface area contributed by atoms with Crippen molar-refractivity contribution in [2.75, 3.05) is 0 Å². The number of aromatic nitrogens is 1. The Balaban J connectivity index is 1.44. The molecule has 1 amide bonds. The van der Waals surface area contributed by atoms with Crippen LogP contribution in [0.3, 0.4) is 0 Å². The highest BCUT2D eigenvalue weighted by Gasteiger charge is 2.21. The van der Waals surface area contributed by atoms with Crippen molar-refractivity contribution in [3.8, 4) is 11.5 Å². The van der Waals surface area contributed by atoms with Gasteiger partial charge in [0.15, 0.2) is 9.84 Å². The molecule has 168 valence electrons. The summed E-state index contributed by atoms with van der Waals surface area (Å²) in [6, 6.07) is 20.7. The maximum absolute atomic E-state index is 13.0. The first-order valence-electron chi connectivity index (χ1n) is 10.2. The lowest BCUT2D eigenvalue weighted by Gasteiger charge is -2.06. The molecule has 6 nitrogen and oxygen atoms in total. The van der Waals surface area contributed by atoms with Gasteiger partial charge in [0.2, 0.25) is 5.89 Å². The molecule has 0 atom stereocenters. The van der Waals surface area contributed by atoms with E-state index >= 15 is 0 Å². The van der Waals surface area contributed by atoms with Crippen LogP contribution in [0, 0.1) is 12.7 Å². The van der Waals surface area contributed by atoms with Gasteiger partial charge in [0.1, 0.15) is 17.3 Å². The van der Waals surface area contributed by atoms with Crippen molar-refractivity contribution in [1.29, 1.82) is 0 Å². The number of nitrogens with one attached hydrogen (secondary N) is 1. The second-order valence-electron chi connectivity index (χ2n) is 7.48. The molecule has 4 rings (SSSR count). The van der Waals surface area contributed by atoms with E-state index in [0.29, 0.717) is 22.6 Å². The molecule has 3 aromatic carbocycles. The van der Waals surface area contributed by atoms with Gasteiger partial charge in [0.05, 0.1) is 10.6 Å². The predicted molar refractivity (Wildman–Crippen MR) is 122 cm³/mol. The maximum atomic E-state index is 13.0. The third kappa shape index (κ3) is 5.35.